The lowest BCUT2D eigenvalue weighted by molar-refractivity contribution is 0.136. The fraction of sp³-hybridized carbons (Fsp3) is 0.611. The number of nitrogens with one attached hydrogen (secondary N) is 1. The van der Waals surface area contributed by atoms with Crippen molar-refractivity contribution in [3.05, 3.63) is 33.8 Å². The number of amides is 2. The molecular formula is C18H27Cl2N3O. The Morgan fingerprint density at radius 1 is 1.21 bits per heavy atom. The molecule has 1 aliphatic heterocycles. The molecule has 0 unspecified atom stereocenters. The predicted octanol–water partition coefficient (Wildman–Crippen LogP) is 3.91. The first-order valence-corrected chi connectivity index (χ1v) is 9.40. The molecule has 1 fully saturated rings. The Labute approximate surface area is 155 Å². The lowest BCUT2D eigenvalue weighted by Gasteiger charge is -2.35. The van der Waals surface area contributed by atoms with Gasteiger partial charge in [-0.05, 0) is 43.0 Å². The Morgan fingerprint density at radius 2 is 1.92 bits per heavy atom. The van der Waals surface area contributed by atoms with E-state index in [0.717, 1.165) is 44.2 Å². The van der Waals surface area contributed by atoms with Crippen LogP contribution in [0.15, 0.2) is 18.2 Å². The van der Waals surface area contributed by atoms with Crippen LogP contribution < -0.4 is 5.32 Å². The molecule has 2 rings (SSSR count). The van der Waals surface area contributed by atoms with Gasteiger partial charge in [0.2, 0.25) is 0 Å². The molecule has 6 heteroatoms. The van der Waals surface area contributed by atoms with Crippen molar-refractivity contribution in [2.24, 2.45) is 5.92 Å². The van der Waals surface area contributed by atoms with Crippen molar-refractivity contribution in [1.82, 2.24) is 15.1 Å². The second kappa shape index (κ2) is 9.50. The monoisotopic (exact) mass is 371 g/mol. The van der Waals surface area contributed by atoms with Gasteiger partial charge in [-0.1, -0.05) is 43.1 Å². The molecule has 1 N–H and O–H groups in total. The van der Waals surface area contributed by atoms with Gasteiger partial charge < -0.3 is 10.2 Å². The third-order valence-electron chi connectivity index (χ3n) is 4.37. The predicted molar refractivity (Wildman–Crippen MR) is 101 cm³/mol. The molecule has 1 heterocycles. The van der Waals surface area contributed by atoms with E-state index in [4.69, 9.17) is 23.2 Å². The van der Waals surface area contributed by atoms with Gasteiger partial charge in [0.05, 0.1) is 0 Å². The van der Waals surface area contributed by atoms with Crippen LogP contribution in [0.2, 0.25) is 10.0 Å². The third kappa shape index (κ3) is 6.15. The molecule has 0 spiro atoms. The average Bonchev–Trinajstić information content (AvgIpc) is 2.55. The fourth-order valence-electron chi connectivity index (χ4n) is 2.76. The summed E-state index contributed by atoms with van der Waals surface area (Å²) in [6.07, 6.45) is 1.92. The summed E-state index contributed by atoms with van der Waals surface area (Å²) in [6.45, 7) is 9.72. The highest BCUT2D eigenvalue weighted by atomic mass is 35.5. The maximum Gasteiger partial charge on any atom is 0.317 e. The van der Waals surface area contributed by atoms with Crippen LogP contribution in [-0.2, 0) is 6.42 Å². The fourth-order valence-corrected chi connectivity index (χ4v) is 3.26. The van der Waals surface area contributed by atoms with Crippen LogP contribution in [0.3, 0.4) is 0 Å². The molecule has 0 aromatic heterocycles. The van der Waals surface area contributed by atoms with Crippen molar-refractivity contribution in [1.29, 1.82) is 0 Å². The van der Waals surface area contributed by atoms with E-state index in [9.17, 15) is 4.79 Å². The summed E-state index contributed by atoms with van der Waals surface area (Å²) in [6, 6.07) is 5.48. The second-order valence-corrected chi connectivity index (χ2v) is 7.57. The number of rotatable bonds is 6. The number of hydrogen-bond acceptors (Lipinski definition) is 2. The molecule has 4 nitrogen and oxygen atoms in total. The lowest BCUT2D eigenvalue weighted by atomic mass is 10.1. The minimum absolute atomic E-state index is 0.0172. The third-order valence-corrected chi connectivity index (χ3v) is 4.95. The number of hydrogen-bond donors (Lipinski definition) is 1. The normalized spacial score (nSPS) is 15.8. The highest BCUT2D eigenvalue weighted by Crippen LogP contribution is 2.21. The molecule has 1 aliphatic rings. The molecule has 2 amide bonds. The highest BCUT2D eigenvalue weighted by Gasteiger charge is 2.20. The van der Waals surface area contributed by atoms with E-state index < -0.39 is 0 Å². The van der Waals surface area contributed by atoms with Crippen LogP contribution in [0.5, 0.6) is 0 Å². The Morgan fingerprint density at radius 3 is 2.54 bits per heavy atom. The summed E-state index contributed by atoms with van der Waals surface area (Å²) in [4.78, 5) is 16.6. The summed E-state index contributed by atoms with van der Waals surface area (Å²) in [7, 11) is 0. The van der Waals surface area contributed by atoms with Gasteiger partial charge in [-0.2, -0.15) is 0 Å². The van der Waals surface area contributed by atoms with Crippen molar-refractivity contribution < 1.29 is 4.79 Å². The highest BCUT2D eigenvalue weighted by molar-refractivity contribution is 6.35. The molecule has 0 bridgehead atoms. The molecule has 1 saturated heterocycles. The van der Waals surface area contributed by atoms with E-state index in [0.29, 0.717) is 23.0 Å². The van der Waals surface area contributed by atoms with Crippen LogP contribution in [0.25, 0.3) is 0 Å². The first-order valence-electron chi connectivity index (χ1n) is 8.64. The topological polar surface area (TPSA) is 35.6 Å². The first-order chi connectivity index (χ1) is 11.5. The molecule has 0 saturated carbocycles. The van der Waals surface area contributed by atoms with Crippen LogP contribution in [0.1, 0.15) is 25.8 Å². The maximum absolute atomic E-state index is 12.2. The minimum atomic E-state index is 0.0172. The number of piperazine rings is 1. The minimum Gasteiger partial charge on any atom is -0.338 e. The Hall–Kier alpha value is -0.970. The summed E-state index contributed by atoms with van der Waals surface area (Å²) in [5.41, 5.74) is 1.000. The first kappa shape index (κ1) is 19.4. The number of urea groups is 1. The molecule has 134 valence electrons. The molecule has 1 aromatic rings. The van der Waals surface area contributed by atoms with Crippen molar-refractivity contribution in [3.63, 3.8) is 0 Å². The summed E-state index contributed by atoms with van der Waals surface area (Å²) in [5, 5.41) is 4.26. The molecular weight excluding hydrogens is 345 g/mol. The quantitative estimate of drug-likeness (QED) is 0.822. The van der Waals surface area contributed by atoms with Gasteiger partial charge in [0.1, 0.15) is 0 Å². The SMILES string of the molecule is CC(C)CCN1CCN(C(=O)NCCc2ccc(Cl)cc2Cl)CC1. The Kier molecular flexibility index (Phi) is 7.66. The van der Waals surface area contributed by atoms with E-state index in [1.54, 1.807) is 6.07 Å². The standard InChI is InChI=1S/C18H27Cl2N3O/c1-14(2)6-8-22-9-11-23(12-10-22)18(24)21-7-5-15-3-4-16(19)13-17(15)20/h3-4,13-14H,5-12H2,1-2H3,(H,21,24). The van der Waals surface area contributed by atoms with Gasteiger partial charge in [0, 0.05) is 42.8 Å². The molecule has 0 aliphatic carbocycles. The van der Waals surface area contributed by atoms with E-state index in [1.165, 1.54) is 6.42 Å². The summed E-state index contributed by atoms with van der Waals surface area (Å²) >= 11 is 12.0. The van der Waals surface area contributed by atoms with E-state index >= 15 is 0 Å². The summed E-state index contributed by atoms with van der Waals surface area (Å²) < 4.78 is 0. The van der Waals surface area contributed by atoms with Crippen molar-refractivity contribution in [3.8, 4) is 0 Å². The lowest BCUT2D eigenvalue weighted by Crippen LogP contribution is -2.52. The zero-order valence-corrected chi connectivity index (χ0v) is 16.0. The molecule has 1 aromatic carbocycles. The molecule has 24 heavy (non-hydrogen) atoms. The van der Waals surface area contributed by atoms with Crippen LogP contribution in [0, 0.1) is 5.92 Å². The van der Waals surface area contributed by atoms with Gasteiger partial charge in [-0.3, -0.25) is 4.90 Å². The summed E-state index contributed by atoms with van der Waals surface area (Å²) in [5.74, 6) is 0.728. The van der Waals surface area contributed by atoms with Crippen molar-refractivity contribution >= 4 is 29.2 Å². The van der Waals surface area contributed by atoms with Gasteiger partial charge in [0.15, 0.2) is 0 Å². The van der Waals surface area contributed by atoms with Crippen LogP contribution in [-0.4, -0.2) is 55.1 Å². The average molecular weight is 372 g/mol. The van der Waals surface area contributed by atoms with Gasteiger partial charge in [0.25, 0.3) is 0 Å². The van der Waals surface area contributed by atoms with Gasteiger partial charge in [-0.15, -0.1) is 0 Å². The number of benzene rings is 1. The largest absolute Gasteiger partial charge is 0.338 e. The number of carbonyl (C=O) groups is 1. The second-order valence-electron chi connectivity index (χ2n) is 6.73. The maximum atomic E-state index is 12.2. The molecule has 0 radical (unpaired) electrons. The van der Waals surface area contributed by atoms with Crippen molar-refractivity contribution in [2.75, 3.05) is 39.3 Å². The van der Waals surface area contributed by atoms with Gasteiger partial charge >= 0.3 is 6.03 Å². The Bertz CT molecular complexity index is 543. The van der Waals surface area contributed by atoms with Crippen LogP contribution in [0.4, 0.5) is 4.79 Å². The van der Waals surface area contributed by atoms with E-state index in [1.807, 2.05) is 17.0 Å². The van der Waals surface area contributed by atoms with E-state index in [2.05, 4.69) is 24.1 Å². The van der Waals surface area contributed by atoms with Crippen LogP contribution >= 0.6 is 23.2 Å². The zero-order chi connectivity index (χ0) is 17.5. The smallest absolute Gasteiger partial charge is 0.317 e. The number of carbonyl (C=O) groups excluding carboxylic acids is 1. The zero-order valence-electron chi connectivity index (χ0n) is 14.5. The number of halogens is 2. The molecule has 0 atom stereocenters. The van der Waals surface area contributed by atoms with E-state index in [-0.39, 0.29) is 6.03 Å². The van der Waals surface area contributed by atoms with Gasteiger partial charge in [-0.25, -0.2) is 4.79 Å². The Balaban J connectivity index is 1.68. The number of nitrogens with zero attached hydrogens (tertiary/aromatic N) is 2. The van der Waals surface area contributed by atoms with Crippen molar-refractivity contribution in [2.45, 2.75) is 26.7 Å².